The Morgan fingerprint density at radius 1 is 1.67 bits per heavy atom. The van der Waals surface area contributed by atoms with E-state index in [0.29, 0.717) is 5.92 Å². The first-order valence-electron chi connectivity index (χ1n) is 1.74. The Hall–Kier alpha value is -0.660. The van der Waals surface area contributed by atoms with Gasteiger partial charge in [0.2, 0.25) is 0 Å². The van der Waals surface area contributed by atoms with Crippen LogP contribution in [0, 0.1) is 5.92 Å². The second kappa shape index (κ2) is 1.70. The lowest BCUT2D eigenvalue weighted by Gasteiger charge is -1.77. The van der Waals surface area contributed by atoms with Gasteiger partial charge in [0.15, 0.2) is 5.92 Å². The van der Waals surface area contributed by atoms with Crippen LogP contribution >= 0.6 is 0 Å². The van der Waals surface area contributed by atoms with Crippen molar-refractivity contribution in [3.05, 3.63) is 5.92 Å². The maximum absolute atomic E-state index is 9.88. The summed E-state index contributed by atoms with van der Waals surface area (Å²) in [6, 6.07) is 0. The number of hydrogen-bond donors (Lipinski definition) is 1. The normalized spacial score (nSPS) is 7.67. The molecule has 1 amide bonds. The molecule has 0 fully saturated rings. The van der Waals surface area contributed by atoms with E-state index in [2.05, 4.69) is 0 Å². The van der Waals surface area contributed by atoms with E-state index >= 15 is 0 Å². The Balaban J connectivity index is 3.26. The predicted octanol–water partition coefficient (Wildman–Crippen LogP) is 0.0860. The summed E-state index contributed by atoms with van der Waals surface area (Å²) in [4.78, 5) is 9.88. The average Bonchev–Trinajstić information content (AvgIpc) is 1.36. The number of rotatable bonds is 1. The third-order valence-electron chi connectivity index (χ3n) is 0.493. The van der Waals surface area contributed by atoms with Gasteiger partial charge in [0.25, 0.3) is 0 Å². The minimum absolute atomic E-state index is 0.324. The van der Waals surface area contributed by atoms with E-state index in [9.17, 15) is 4.79 Å². The van der Waals surface area contributed by atoms with Crippen molar-refractivity contribution in [2.75, 3.05) is 0 Å². The molecule has 0 aliphatic rings. The maximum atomic E-state index is 9.88. The molecule has 34 valence electrons. The van der Waals surface area contributed by atoms with Gasteiger partial charge in [-0.3, -0.25) is 0 Å². The predicted molar refractivity (Wildman–Crippen MR) is 23.8 cm³/mol. The van der Waals surface area contributed by atoms with Gasteiger partial charge >= 0.3 is 5.91 Å². The Kier molecular flexibility index (Phi) is 1.51. The quantitative estimate of drug-likeness (QED) is 0.451. The molecule has 2 N–H and O–H groups in total. The van der Waals surface area contributed by atoms with Gasteiger partial charge in [-0.2, -0.15) is 0 Å². The summed E-state index contributed by atoms with van der Waals surface area (Å²) in [6.07, 6.45) is 0. The van der Waals surface area contributed by atoms with E-state index in [1.54, 1.807) is 13.8 Å². The number of carbonyl (C=O) groups excluding carboxylic acids is 1. The minimum atomic E-state index is -0.324. The fourth-order valence-electron chi connectivity index (χ4n) is 0. The molecule has 0 saturated heterocycles. The molecule has 0 aliphatic carbocycles. The molecule has 0 aromatic rings. The molecule has 0 bridgehead atoms. The van der Waals surface area contributed by atoms with Crippen LogP contribution in [0.25, 0.3) is 0 Å². The highest BCUT2D eigenvalue weighted by Crippen LogP contribution is 1.88. The SMILES string of the molecule is C[C+](C)C(N)=O. The van der Waals surface area contributed by atoms with Crippen molar-refractivity contribution in [1.29, 1.82) is 0 Å². The van der Waals surface area contributed by atoms with Gasteiger partial charge in [0.05, 0.1) is 13.8 Å². The van der Waals surface area contributed by atoms with Crippen LogP contribution in [0.15, 0.2) is 0 Å². The van der Waals surface area contributed by atoms with E-state index in [1.807, 2.05) is 0 Å². The highest BCUT2D eigenvalue weighted by Gasteiger charge is 2.11. The van der Waals surface area contributed by atoms with Gasteiger partial charge < -0.3 is 5.73 Å². The third-order valence-corrected chi connectivity index (χ3v) is 0.493. The van der Waals surface area contributed by atoms with E-state index in [1.165, 1.54) is 0 Å². The van der Waals surface area contributed by atoms with Crippen LogP contribution in [-0.4, -0.2) is 5.91 Å². The van der Waals surface area contributed by atoms with Crippen LogP contribution < -0.4 is 5.73 Å². The van der Waals surface area contributed by atoms with Crippen molar-refractivity contribution in [2.45, 2.75) is 13.8 Å². The number of primary amides is 1. The summed E-state index contributed by atoms with van der Waals surface area (Å²) < 4.78 is 0. The third kappa shape index (κ3) is 1.64. The average molecular weight is 86.1 g/mol. The molecule has 0 atom stereocenters. The van der Waals surface area contributed by atoms with E-state index in [-0.39, 0.29) is 5.91 Å². The lowest BCUT2D eigenvalue weighted by atomic mass is 10.2. The summed E-state index contributed by atoms with van der Waals surface area (Å²) in [6.45, 7) is 3.37. The van der Waals surface area contributed by atoms with Crippen LogP contribution in [0.1, 0.15) is 13.8 Å². The molecule has 0 rings (SSSR count). The fourth-order valence-corrected chi connectivity index (χ4v) is 0. The van der Waals surface area contributed by atoms with Crippen LogP contribution in [0.4, 0.5) is 0 Å². The van der Waals surface area contributed by atoms with Crippen molar-refractivity contribution >= 4 is 5.91 Å². The molecule has 0 saturated carbocycles. The summed E-state index contributed by atoms with van der Waals surface area (Å²) in [5.41, 5.74) is 4.76. The maximum Gasteiger partial charge on any atom is 0.401 e. The van der Waals surface area contributed by atoms with Gasteiger partial charge in [0.1, 0.15) is 0 Å². The number of hydrogen-bond acceptors (Lipinski definition) is 1. The van der Waals surface area contributed by atoms with E-state index < -0.39 is 0 Å². The Morgan fingerprint density at radius 3 is 1.83 bits per heavy atom. The highest BCUT2D eigenvalue weighted by molar-refractivity contribution is 5.86. The Bertz CT molecular complexity index is 58.6. The summed E-state index contributed by atoms with van der Waals surface area (Å²) >= 11 is 0. The zero-order valence-electron chi connectivity index (χ0n) is 3.99. The molecule has 0 heterocycles. The first-order valence-corrected chi connectivity index (χ1v) is 1.74. The molecular weight excluding hydrogens is 78.0 g/mol. The minimum Gasteiger partial charge on any atom is -0.329 e. The Labute approximate surface area is 37.3 Å². The molecule has 2 nitrogen and oxygen atoms in total. The molecule has 0 aromatic carbocycles. The van der Waals surface area contributed by atoms with Crippen LogP contribution in [0.3, 0.4) is 0 Å². The fraction of sp³-hybridized carbons (Fsp3) is 0.500. The molecule has 0 aromatic heterocycles. The van der Waals surface area contributed by atoms with Gasteiger partial charge in [-0.1, -0.05) is 0 Å². The van der Waals surface area contributed by atoms with Crippen LogP contribution in [0.5, 0.6) is 0 Å². The first kappa shape index (κ1) is 5.34. The lowest BCUT2D eigenvalue weighted by Crippen LogP contribution is -2.15. The van der Waals surface area contributed by atoms with Gasteiger partial charge in [0, 0.05) is 0 Å². The molecule has 0 spiro atoms. The van der Waals surface area contributed by atoms with Gasteiger partial charge in [-0.05, 0) is 0 Å². The monoisotopic (exact) mass is 86.1 g/mol. The topological polar surface area (TPSA) is 43.1 Å². The summed E-state index contributed by atoms with van der Waals surface area (Å²) in [7, 11) is 0. The molecule has 0 unspecified atom stereocenters. The van der Waals surface area contributed by atoms with Gasteiger partial charge in [-0.25, -0.2) is 4.79 Å². The zero-order chi connectivity index (χ0) is 5.15. The second-order valence-electron chi connectivity index (χ2n) is 1.36. The van der Waals surface area contributed by atoms with Crippen molar-refractivity contribution in [1.82, 2.24) is 0 Å². The number of nitrogens with two attached hydrogens (primary N) is 1. The van der Waals surface area contributed by atoms with Crippen LogP contribution in [-0.2, 0) is 4.79 Å². The van der Waals surface area contributed by atoms with Crippen molar-refractivity contribution in [2.24, 2.45) is 5.73 Å². The molecule has 0 radical (unpaired) electrons. The molecule has 2 heteroatoms. The van der Waals surface area contributed by atoms with E-state index in [4.69, 9.17) is 5.73 Å². The van der Waals surface area contributed by atoms with Gasteiger partial charge in [-0.15, -0.1) is 0 Å². The second-order valence-corrected chi connectivity index (χ2v) is 1.36. The smallest absolute Gasteiger partial charge is 0.329 e. The number of amides is 1. The summed E-state index contributed by atoms with van der Waals surface area (Å²) in [5, 5.41) is 0. The zero-order valence-corrected chi connectivity index (χ0v) is 3.99. The molecular formula is C4H8NO+. The highest BCUT2D eigenvalue weighted by atomic mass is 16.1. The first-order chi connectivity index (χ1) is 2.64. The molecule has 0 aliphatic heterocycles. The van der Waals surface area contributed by atoms with Crippen molar-refractivity contribution in [3.63, 3.8) is 0 Å². The number of carbonyl (C=O) groups is 1. The van der Waals surface area contributed by atoms with Crippen molar-refractivity contribution in [3.8, 4) is 0 Å². The van der Waals surface area contributed by atoms with E-state index in [0.717, 1.165) is 0 Å². The lowest BCUT2D eigenvalue weighted by molar-refractivity contribution is -0.116. The van der Waals surface area contributed by atoms with Crippen LogP contribution in [0.2, 0.25) is 0 Å². The molecule has 6 heavy (non-hydrogen) atoms. The summed E-state index contributed by atoms with van der Waals surface area (Å²) in [5.74, 6) is 0.324. The Morgan fingerprint density at radius 2 is 1.83 bits per heavy atom. The standard InChI is InChI=1S/C4H7NO/c1-3(2)4(5)6/h1-2H3,(H-,5,6)/p+1. The van der Waals surface area contributed by atoms with Crippen molar-refractivity contribution < 1.29 is 4.79 Å². The largest absolute Gasteiger partial charge is 0.401 e.